The predicted octanol–water partition coefficient (Wildman–Crippen LogP) is 1.63. The smallest absolute Gasteiger partial charge is 0.225 e. The summed E-state index contributed by atoms with van der Waals surface area (Å²) in [6.07, 6.45) is 1.78. The fraction of sp³-hybridized carbons (Fsp3) is 0.500. The van der Waals surface area contributed by atoms with Crippen LogP contribution in [0.15, 0.2) is 30.5 Å². The van der Waals surface area contributed by atoms with Gasteiger partial charge < -0.3 is 15.5 Å². The third-order valence-corrected chi connectivity index (χ3v) is 4.32. The lowest BCUT2D eigenvalue weighted by Gasteiger charge is -2.32. The van der Waals surface area contributed by atoms with Crippen molar-refractivity contribution in [1.82, 2.24) is 24.8 Å². The number of likely N-dealkylation sites (N-methyl/N-ethyl adjacent to an activating group) is 1. The van der Waals surface area contributed by atoms with Crippen LogP contribution in [-0.2, 0) is 0 Å². The molecular formula is C18H27N7. The highest BCUT2D eigenvalue weighted by atomic mass is 15.3. The molecule has 3 rings (SSSR count). The molecule has 1 aliphatic heterocycles. The van der Waals surface area contributed by atoms with Crippen molar-refractivity contribution >= 4 is 11.8 Å². The van der Waals surface area contributed by atoms with Gasteiger partial charge in [0, 0.05) is 58.1 Å². The summed E-state index contributed by atoms with van der Waals surface area (Å²) in [7, 11) is 2.18. The maximum absolute atomic E-state index is 4.56. The van der Waals surface area contributed by atoms with Gasteiger partial charge in [0.05, 0.1) is 11.4 Å². The van der Waals surface area contributed by atoms with Gasteiger partial charge in [0.2, 0.25) is 5.95 Å². The van der Waals surface area contributed by atoms with Crippen molar-refractivity contribution in [2.45, 2.75) is 6.92 Å². The highest BCUT2D eigenvalue weighted by Crippen LogP contribution is 2.19. The van der Waals surface area contributed by atoms with E-state index < -0.39 is 0 Å². The lowest BCUT2D eigenvalue weighted by molar-refractivity contribution is 0.158. The van der Waals surface area contributed by atoms with Crippen LogP contribution < -0.4 is 10.6 Å². The molecule has 0 aliphatic carbocycles. The zero-order chi connectivity index (χ0) is 17.5. The predicted molar refractivity (Wildman–Crippen MR) is 102 cm³/mol. The summed E-state index contributed by atoms with van der Waals surface area (Å²) in [6, 6.07) is 7.81. The van der Waals surface area contributed by atoms with Crippen molar-refractivity contribution in [2.75, 3.05) is 63.5 Å². The summed E-state index contributed by atoms with van der Waals surface area (Å²) in [5, 5.41) is 6.63. The van der Waals surface area contributed by atoms with Crippen LogP contribution in [0.25, 0.3) is 11.4 Å². The number of nitrogens with one attached hydrogen (secondary N) is 2. The van der Waals surface area contributed by atoms with Gasteiger partial charge in [0.1, 0.15) is 5.82 Å². The molecule has 1 fully saturated rings. The SMILES string of the molecule is CCNc1nc(NCCN2CCN(C)CC2)cc(-c2ccccn2)n1. The zero-order valence-electron chi connectivity index (χ0n) is 15.1. The first-order valence-electron chi connectivity index (χ1n) is 8.93. The number of piperazine rings is 1. The van der Waals surface area contributed by atoms with E-state index in [1.807, 2.05) is 31.2 Å². The molecule has 1 aliphatic rings. The summed E-state index contributed by atoms with van der Waals surface area (Å²) < 4.78 is 0. The molecule has 134 valence electrons. The molecule has 0 radical (unpaired) electrons. The Morgan fingerprint density at radius 3 is 2.60 bits per heavy atom. The molecular weight excluding hydrogens is 314 g/mol. The summed E-state index contributed by atoms with van der Waals surface area (Å²) >= 11 is 0. The maximum Gasteiger partial charge on any atom is 0.225 e. The first-order chi connectivity index (χ1) is 12.2. The van der Waals surface area contributed by atoms with Crippen LogP contribution in [0.4, 0.5) is 11.8 Å². The van der Waals surface area contributed by atoms with Gasteiger partial charge in [-0.2, -0.15) is 4.98 Å². The van der Waals surface area contributed by atoms with Crippen molar-refractivity contribution < 1.29 is 0 Å². The van der Waals surface area contributed by atoms with Crippen LogP contribution in [0.2, 0.25) is 0 Å². The Labute approximate surface area is 149 Å². The molecule has 0 spiro atoms. The van der Waals surface area contributed by atoms with Crippen LogP contribution in [0.5, 0.6) is 0 Å². The summed E-state index contributed by atoms with van der Waals surface area (Å²) in [4.78, 5) is 18.4. The van der Waals surface area contributed by atoms with Crippen molar-refractivity contribution in [3.05, 3.63) is 30.5 Å². The zero-order valence-corrected chi connectivity index (χ0v) is 15.1. The van der Waals surface area contributed by atoms with Crippen LogP contribution in [-0.4, -0.2) is 77.6 Å². The Hall–Kier alpha value is -2.25. The number of pyridine rings is 1. The number of hydrogen-bond donors (Lipinski definition) is 2. The molecule has 2 N–H and O–H groups in total. The molecule has 0 atom stereocenters. The molecule has 25 heavy (non-hydrogen) atoms. The molecule has 0 amide bonds. The normalized spacial score (nSPS) is 15.9. The highest BCUT2D eigenvalue weighted by Gasteiger charge is 2.13. The minimum absolute atomic E-state index is 0.632. The number of anilines is 2. The maximum atomic E-state index is 4.56. The van der Waals surface area contributed by atoms with Crippen LogP contribution in [0, 0.1) is 0 Å². The second kappa shape index (κ2) is 8.73. The lowest BCUT2D eigenvalue weighted by atomic mass is 10.2. The molecule has 1 saturated heterocycles. The third-order valence-electron chi connectivity index (χ3n) is 4.32. The fourth-order valence-corrected chi connectivity index (χ4v) is 2.83. The molecule has 3 heterocycles. The first-order valence-corrected chi connectivity index (χ1v) is 8.93. The van der Waals surface area contributed by atoms with Crippen molar-refractivity contribution in [3.8, 4) is 11.4 Å². The second-order valence-electron chi connectivity index (χ2n) is 6.28. The topological polar surface area (TPSA) is 69.2 Å². The van der Waals surface area contributed by atoms with Crippen LogP contribution in [0.1, 0.15) is 6.92 Å². The standard InChI is InChI=1S/C18H27N7/c1-3-19-18-22-16(15-6-4-5-7-20-15)14-17(23-18)21-8-9-25-12-10-24(2)11-13-25/h4-7,14H,3,8-13H2,1-2H3,(H2,19,21,22,23). The second-order valence-corrected chi connectivity index (χ2v) is 6.28. The van der Waals surface area contributed by atoms with E-state index in [2.05, 4.69) is 42.4 Å². The molecule has 2 aromatic rings. The van der Waals surface area contributed by atoms with Gasteiger partial charge in [0.15, 0.2) is 0 Å². The number of aromatic nitrogens is 3. The molecule has 7 heteroatoms. The Bertz CT molecular complexity index is 654. The van der Waals surface area contributed by atoms with Crippen LogP contribution in [0.3, 0.4) is 0 Å². The summed E-state index contributed by atoms with van der Waals surface area (Å²) in [5.41, 5.74) is 1.68. The first kappa shape index (κ1) is 17.6. The summed E-state index contributed by atoms with van der Waals surface area (Å²) in [6.45, 7) is 9.25. The largest absolute Gasteiger partial charge is 0.369 e. The average Bonchev–Trinajstić information content (AvgIpc) is 2.64. The minimum atomic E-state index is 0.632. The monoisotopic (exact) mass is 341 g/mol. The lowest BCUT2D eigenvalue weighted by Crippen LogP contribution is -2.45. The van der Waals surface area contributed by atoms with Gasteiger partial charge in [-0.05, 0) is 26.1 Å². The van der Waals surface area contributed by atoms with Gasteiger partial charge in [-0.1, -0.05) is 6.07 Å². The van der Waals surface area contributed by atoms with Gasteiger partial charge in [-0.25, -0.2) is 4.98 Å². The Morgan fingerprint density at radius 1 is 1.04 bits per heavy atom. The number of nitrogens with zero attached hydrogens (tertiary/aromatic N) is 5. The van der Waals surface area contributed by atoms with Gasteiger partial charge in [-0.15, -0.1) is 0 Å². The summed E-state index contributed by atoms with van der Waals surface area (Å²) in [5.74, 6) is 1.47. The highest BCUT2D eigenvalue weighted by molar-refractivity contribution is 5.60. The van der Waals surface area contributed by atoms with Crippen molar-refractivity contribution in [2.24, 2.45) is 0 Å². The minimum Gasteiger partial charge on any atom is -0.369 e. The van der Waals surface area contributed by atoms with E-state index >= 15 is 0 Å². The quantitative estimate of drug-likeness (QED) is 0.793. The van der Waals surface area contributed by atoms with Crippen LogP contribution >= 0.6 is 0 Å². The molecule has 0 bridgehead atoms. The molecule has 7 nitrogen and oxygen atoms in total. The molecule has 0 aromatic carbocycles. The molecule has 0 unspecified atom stereocenters. The van der Waals surface area contributed by atoms with E-state index in [0.717, 1.165) is 63.0 Å². The Morgan fingerprint density at radius 2 is 1.88 bits per heavy atom. The molecule has 2 aromatic heterocycles. The van der Waals surface area contributed by atoms with Gasteiger partial charge in [0.25, 0.3) is 0 Å². The van der Waals surface area contributed by atoms with E-state index in [-0.39, 0.29) is 0 Å². The van der Waals surface area contributed by atoms with E-state index in [4.69, 9.17) is 0 Å². The van der Waals surface area contributed by atoms with Crippen molar-refractivity contribution in [3.63, 3.8) is 0 Å². The third kappa shape index (κ3) is 5.11. The average molecular weight is 341 g/mol. The fourth-order valence-electron chi connectivity index (χ4n) is 2.83. The van der Waals surface area contributed by atoms with Gasteiger partial charge >= 0.3 is 0 Å². The van der Waals surface area contributed by atoms with E-state index in [1.165, 1.54) is 0 Å². The number of rotatable bonds is 7. The van der Waals surface area contributed by atoms with Crippen molar-refractivity contribution in [1.29, 1.82) is 0 Å². The Balaban J connectivity index is 1.64. The Kier molecular flexibility index (Phi) is 6.14. The number of hydrogen-bond acceptors (Lipinski definition) is 7. The van der Waals surface area contributed by atoms with E-state index in [9.17, 15) is 0 Å². The molecule has 0 saturated carbocycles. The van der Waals surface area contributed by atoms with E-state index in [0.29, 0.717) is 5.95 Å². The van der Waals surface area contributed by atoms with E-state index in [1.54, 1.807) is 6.20 Å². The van der Waals surface area contributed by atoms with Gasteiger partial charge in [-0.3, -0.25) is 9.88 Å².